The summed E-state index contributed by atoms with van der Waals surface area (Å²) in [7, 11) is 1.29. The van der Waals surface area contributed by atoms with E-state index in [4.69, 9.17) is 9.84 Å². The summed E-state index contributed by atoms with van der Waals surface area (Å²) >= 11 is 0. The number of ether oxygens (including phenoxy) is 1. The van der Waals surface area contributed by atoms with Gasteiger partial charge >= 0.3 is 6.18 Å². The molecule has 0 bridgehead atoms. The van der Waals surface area contributed by atoms with Crippen LogP contribution in [0.1, 0.15) is 17.5 Å². The maximum absolute atomic E-state index is 12.5. The van der Waals surface area contributed by atoms with Gasteiger partial charge < -0.3 is 14.9 Å². The van der Waals surface area contributed by atoms with Gasteiger partial charge in [0.2, 0.25) is 0 Å². The van der Waals surface area contributed by atoms with Crippen LogP contribution < -0.4 is 4.74 Å². The number of benzene rings is 1. The quantitative estimate of drug-likeness (QED) is 0.855. The van der Waals surface area contributed by atoms with E-state index in [0.29, 0.717) is 12.0 Å². The van der Waals surface area contributed by atoms with Gasteiger partial charge in [-0.25, -0.2) is 0 Å². The number of aliphatic hydroxyl groups is 2. The molecule has 0 saturated heterocycles. The summed E-state index contributed by atoms with van der Waals surface area (Å²) in [6, 6.07) is 3.23. The van der Waals surface area contributed by atoms with Crippen molar-refractivity contribution < 1.29 is 28.1 Å². The van der Waals surface area contributed by atoms with Crippen LogP contribution in [0.25, 0.3) is 0 Å². The fourth-order valence-electron chi connectivity index (χ4n) is 1.54. The van der Waals surface area contributed by atoms with Crippen molar-refractivity contribution >= 4 is 0 Å². The van der Waals surface area contributed by atoms with Gasteiger partial charge in [0.1, 0.15) is 5.75 Å². The van der Waals surface area contributed by atoms with Crippen LogP contribution in [0.15, 0.2) is 18.2 Å². The predicted molar refractivity (Wildman–Crippen MR) is 59.4 cm³/mol. The van der Waals surface area contributed by atoms with Crippen molar-refractivity contribution in [3.8, 4) is 5.75 Å². The number of methoxy groups -OCH3 is 1. The van der Waals surface area contributed by atoms with Gasteiger partial charge in [-0.2, -0.15) is 13.2 Å². The van der Waals surface area contributed by atoms with E-state index in [1.165, 1.54) is 13.2 Å². The van der Waals surface area contributed by atoms with Crippen molar-refractivity contribution in [3.63, 3.8) is 0 Å². The van der Waals surface area contributed by atoms with Gasteiger partial charge in [0, 0.05) is 0 Å². The average molecular weight is 264 g/mol. The second-order valence-electron chi connectivity index (χ2n) is 3.90. The molecule has 0 radical (unpaired) electrons. The third-order valence-electron chi connectivity index (χ3n) is 2.57. The molecule has 0 spiro atoms. The first-order valence-corrected chi connectivity index (χ1v) is 5.41. The normalized spacial score (nSPS) is 13.4. The molecule has 3 nitrogen and oxygen atoms in total. The van der Waals surface area contributed by atoms with Crippen LogP contribution in [-0.2, 0) is 12.6 Å². The van der Waals surface area contributed by atoms with Crippen LogP contribution in [0.2, 0.25) is 0 Å². The van der Waals surface area contributed by atoms with E-state index >= 15 is 0 Å². The number of aliphatic hydroxyl groups excluding tert-OH is 2. The fraction of sp³-hybridized carbons (Fsp3) is 0.500. The summed E-state index contributed by atoms with van der Waals surface area (Å²) in [6.45, 7) is -0.372. The number of hydrogen-bond donors (Lipinski definition) is 2. The van der Waals surface area contributed by atoms with Crippen molar-refractivity contribution in [2.24, 2.45) is 0 Å². The molecule has 0 fully saturated rings. The van der Waals surface area contributed by atoms with Crippen LogP contribution in [0.5, 0.6) is 5.75 Å². The van der Waals surface area contributed by atoms with Crippen molar-refractivity contribution in [2.45, 2.75) is 25.1 Å². The Morgan fingerprint density at radius 3 is 2.50 bits per heavy atom. The zero-order chi connectivity index (χ0) is 13.8. The minimum atomic E-state index is -4.41. The topological polar surface area (TPSA) is 49.7 Å². The molecule has 102 valence electrons. The maximum atomic E-state index is 12.5. The Hall–Kier alpha value is -1.27. The molecule has 1 rings (SSSR count). The third-order valence-corrected chi connectivity index (χ3v) is 2.57. The van der Waals surface area contributed by atoms with E-state index in [0.717, 1.165) is 12.1 Å². The van der Waals surface area contributed by atoms with E-state index in [2.05, 4.69) is 0 Å². The largest absolute Gasteiger partial charge is 0.496 e. The average Bonchev–Trinajstić information content (AvgIpc) is 2.34. The summed E-state index contributed by atoms with van der Waals surface area (Å²) in [4.78, 5) is 0. The Bertz CT molecular complexity index is 391. The molecule has 18 heavy (non-hydrogen) atoms. The molecule has 0 aliphatic rings. The zero-order valence-corrected chi connectivity index (χ0v) is 9.87. The van der Waals surface area contributed by atoms with E-state index < -0.39 is 17.8 Å². The smallest absolute Gasteiger partial charge is 0.416 e. The van der Waals surface area contributed by atoms with E-state index in [9.17, 15) is 18.3 Å². The maximum Gasteiger partial charge on any atom is 0.416 e. The zero-order valence-electron chi connectivity index (χ0n) is 9.87. The molecule has 1 atom stereocenters. The second-order valence-corrected chi connectivity index (χ2v) is 3.90. The molecule has 0 aliphatic heterocycles. The van der Waals surface area contributed by atoms with Gasteiger partial charge in [-0.05, 0) is 30.5 Å². The molecule has 0 aliphatic carbocycles. The molecule has 1 aromatic carbocycles. The first-order chi connectivity index (χ1) is 8.38. The highest BCUT2D eigenvalue weighted by atomic mass is 19.4. The van der Waals surface area contributed by atoms with E-state index in [1.807, 2.05) is 0 Å². The van der Waals surface area contributed by atoms with Gasteiger partial charge in [0.15, 0.2) is 0 Å². The number of aryl methyl sites for hydroxylation is 1. The van der Waals surface area contributed by atoms with Crippen molar-refractivity contribution in [2.75, 3.05) is 13.7 Å². The van der Waals surface area contributed by atoms with Crippen molar-refractivity contribution in [3.05, 3.63) is 29.3 Å². The lowest BCUT2D eigenvalue weighted by Gasteiger charge is -2.13. The Labute approximate surface area is 103 Å². The molecule has 2 N–H and O–H groups in total. The number of hydrogen-bond acceptors (Lipinski definition) is 3. The molecule has 1 aromatic rings. The Morgan fingerprint density at radius 2 is 2.00 bits per heavy atom. The van der Waals surface area contributed by atoms with Crippen molar-refractivity contribution in [1.29, 1.82) is 0 Å². The summed E-state index contributed by atoms with van der Waals surface area (Å²) < 4.78 is 42.3. The Balaban J connectivity index is 2.87. The monoisotopic (exact) mass is 264 g/mol. The lowest BCUT2D eigenvalue weighted by atomic mass is 10.0. The lowest BCUT2D eigenvalue weighted by molar-refractivity contribution is -0.137. The van der Waals surface area contributed by atoms with Crippen LogP contribution in [0.3, 0.4) is 0 Å². The van der Waals surface area contributed by atoms with Crippen LogP contribution in [0.4, 0.5) is 13.2 Å². The van der Waals surface area contributed by atoms with Gasteiger partial charge in [0.05, 0.1) is 25.4 Å². The first kappa shape index (κ1) is 14.8. The minimum absolute atomic E-state index is 0.134. The number of halogens is 3. The Kier molecular flexibility index (Phi) is 4.98. The molecule has 0 saturated carbocycles. The predicted octanol–water partition coefficient (Wildman–Crippen LogP) is 2.00. The number of rotatable bonds is 5. The first-order valence-electron chi connectivity index (χ1n) is 5.41. The van der Waals surface area contributed by atoms with Gasteiger partial charge in [-0.15, -0.1) is 0 Å². The minimum Gasteiger partial charge on any atom is -0.496 e. The lowest BCUT2D eigenvalue weighted by Crippen LogP contribution is -2.13. The van der Waals surface area contributed by atoms with Crippen LogP contribution in [-0.4, -0.2) is 30.0 Å². The summed E-state index contributed by atoms with van der Waals surface area (Å²) in [5.74, 6) is 0.134. The Morgan fingerprint density at radius 1 is 1.33 bits per heavy atom. The standard InChI is InChI=1S/C12H15F3O3/c1-18-11-6-9(12(13,14)15)4-2-8(11)3-5-10(17)7-16/h2,4,6,10,16-17H,3,5,7H2,1H3. The van der Waals surface area contributed by atoms with Gasteiger partial charge in [0.25, 0.3) is 0 Å². The SMILES string of the molecule is COc1cc(C(F)(F)F)ccc1CCC(O)CO. The molecule has 0 heterocycles. The van der Waals surface area contributed by atoms with Crippen LogP contribution in [0, 0.1) is 0 Å². The van der Waals surface area contributed by atoms with Gasteiger partial charge in [-0.1, -0.05) is 6.07 Å². The summed E-state index contributed by atoms with van der Waals surface area (Å²) in [6.07, 6.45) is -4.69. The summed E-state index contributed by atoms with van der Waals surface area (Å²) in [5, 5.41) is 17.9. The molecule has 0 amide bonds. The summed E-state index contributed by atoms with van der Waals surface area (Å²) in [5.41, 5.74) is -0.205. The van der Waals surface area contributed by atoms with Crippen LogP contribution >= 0.6 is 0 Å². The fourth-order valence-corrected chi connectivity index (χ4v) is 1.54. The van der Waals surface area contributed by atoms with E-state index in [-0.39, 0.29) is 18.8 Å². The highest BCUT2D eigenvalue weighted by molar-refractivity contribution is 5.38. The van der Waals surface area contributed by atoms with Crippen molar-refractivity contribution in [1.82, 2.24) is 0 Å². The third kappa shape index (κ3) is 3.89. The second kappa shape index (κ2) is 6.06. The molecular formula is C12H15F3O3. The van der Waals surface area contributed by atoms with Gasteiger partial charge in [-0.3, -0.25) is 0 Å². The molecule has 0 aromatic heterocycles. The molecular weight excluding hydrogens is 249 g/mol. The molecule has 6 heteroatoms. The highest BCUT2D eigenvalue weighted by Crippen LogP contribution is 2.33. The van der Waals surface area contributed by atoms with E-state index in [1.54, 1.807) is 0 Å². The highest BCUT2D eigenvalue weighted by Gasteiger charge is 2.31. The molecule has 1 unspecified atom stereocenters. The number of alkyl halides is 3.